The number of hydrogen-bond donors (Lipinski definition) is 2. The second-order valence-electron chi connectivity index (χ2n) is 13.7. The first-order chi connectivity index (χ1) is 21.0. The quantitative estimate of drug-likeness (QED) is 0.322. The maximum atomic E-state index is 10.8. The summed E-state index contributed by atoms with van der Waals surface area (Å²) in [6.45, 7) is 18.0. The van der Waals surface area contributed by atoms with Crippen LogP contribution in [0.1, 0.15) is 94.3 Å². The molecule has 7 nitrogen and oxygen atoms in total. The molecule has 2 aliphatic heterocycles. The third kappa shape index (κ3) is 5.59. The zero-order chi connectivity index (χ0) is 32.9. The Bertz CT molecular complexity index is 1690. The molecule has 2 aliphatic rings. The maximum Gasteiger partial charge on any atom is 0.156 e. The lowest BCUT2D eigenvalue weighted by atomic mass is 9.84. The molecule has 7 heteroatoms. The van der Waals surface area contributed by atoms with Gasteiger partial charge in [0.2, 0.25) is 0 Å². The van der Waals surface area contributed by atoms with Crippen molar-refractivity contribution < 1.29 is 15.2 Å². The molecule has 2 heterocycles. The van der Waals surface area contributed by atoms with E-state index < -0.39 is 22.2 Å². The second-order valence-corrected chi connectivity index (χ2v) is 13.7. The van der Waals surface area contributed by atoms with Crippen molar-refractivity contribution >= 4 is 11.7 Å². The lowest BCUT2D eigenvalue weighted by Crippen LogP contribution is -2.51. The van der Waals surface area contributed by atoms with Gasteiger partial charge in [0.25, 0.3) is 0 Å². The van der Waals surface area contributed by atoms with Crippen LogP contribution in [0.15, 0.2) is 70.6 Å². The first-order valence-corrected chi connectivity index (χ1v) is 15.1. The SMILES string of the molecule is COc1cc(C#Cc2ccc(C3=NC(C)(C)C(C)(C)N3O)cc2)c(C)c(C#Cc2ccc(C3=NC(C)(C)C(C)(C)N3O)cc2)c1. The molecule has 2 N–H and O–H groups in total. The number of hydroxylamine groups is 4. The molecule has 0 saturated carbocycles. The van der Waals surface area contributed by atoms with Crippen molar-refractivity contribution in [1.29, 1.82) is 0 Å². The number of methoxy groups -OCH3 is 1. The normalized spacial score (nSPS) is 18.8. The van der Waals surface area contributed by atoms with E-state index in [4.69, 9.17) is 14.7 Å². The third-order valence-electron chi connectivity index (χ3n) is 9.81. The molecule has 5 rings (SSSR count). The Labute approximate surface area is 267 Å². The number of aliphatic imine (C=N–C) groups is 2. The van der Waals surface area contributed by atoms with Gasteiger partial charge < -0.3 is 4.74 Å². The van der Waals surface area contributed by atoms with Crippen LogP contribution < -0.4 is 4.74 Å². The Morgan fingerprint density at radius 1 is 0.600 bits per heavy atom. The highest BCUT2D eigenvalue weighted by Crippen LogP contribution is 2.39. The van der Waals surface area contributed by atoms with Crippen LogP contribution in [0.5, 0.6) is 5.75 Å². The number of ether oxygens (including phenoxy) is 1. The molecule has 0 amide bonds. The van der Waals surface area contributed by atoms with E-state index in [0.29, 0.717) is 17.4 Å². The Kier molecular flexibility index (Phi) is 7.86. The van der Waals surface area contributed by atoms with Crippen molar-refractivity contribution in [1.82, 2.24) is 10.1 Å². The Morgan fingerprint density at radius 3 is 1.24 bits per heavy atom. The highest BCUT2D eigenvalue weighted by Gasteiger charge is 2.50. The van der Waals surface area contributed by atoms with Crippen molar-refractivity contribution in [3.63, 3.8) is 0 Å². The van der Waals surface area contributed by atoms with Gasteiger partial charge >= 0.3 is 0 Å². The molecular weight excluding hydrogens is 560 g/mol. The summed E-state index contributed by atoms with van der Waals surface area (Å²) >= 11 is 0. The van der Waals surface area contributed by atoms with Gasteiger partial charge in [0.1, 0.15) is 5.75 Å². The average molecular weight is 603 g/mol. The Balaban J connectivity index is 1.37. The molecule has 0 atom stereocenters. The van der Waals surface area contributed by atoms with Crippen LogP contribution in [0.3, 0.4) is 0 Å². The van der Waals surface area contributed by atoms with Crippen LogP contribution in [0.2, 0.25) is 0 Å². The Morgan fingerprint density at radius 2 is 0.956 bits per heavy atom. The summed E-state index contributed by atoms with van der Waals surface area (Å²) in [5, 5.41) is 24.1. The monoisotopic (exact) mass is 602 g/mol. The van der Waals surface area contributed by atoms with E-state index in [1.54, 1.807) is 7.11 Å². The zero-order valence-electron chi connectivity index (χ0n) is 27.9. The standard InChI is InChI=1S/C38H42N4O3/c1-25-30(21-15-26-11-17-28(18-12-26)33-39-35(2,3)37(6,7)41(33)43)23-32(45-10)24-31(25)22-16-27-13-19-29(20-14-27)34-40-36(4,5)38(8,9)42(34)44/h11-14,17-20,23-24,43-44H,1-10H3. The lowest BCUT2D eigenvalue weighted by molar-refractivity contribution is -0.0992. The summed E-state index contributed by atoms with van der Waals surface area (Å²) in [6, 6.07) is 19.3. The number of nitrogens with zero attached hydrogens (tertiary/aromatic N) is 4. The fourth-order valence-corrected chi connectivity index (χ4v) is 5.07. The van der Waals surface area contributed by atoms with Gasteiger partial charge in [0.05, 0.1) is 29.3 Å². The van der Waals surface area contributed by atoms with Crippen LogP contribution in [0.4, 0.5) is 0 Å². The van der Waals surface area contributed by atoms with Crippen LogP contribution in [-0.4, -0.2) is 61.5 Å². The van der Waals surface area contributed by atoms with Gasteiger partial charge in [-0.05, 0) is 129 Å². The van der Waals surface area contributed by atoms with Crippen LogP contribution in [0.25, 0.3) is 0 Å². The van der Waals surface area contributed by atoms with Gasteiger partial charge in [0, 0.05) is 33.4 Å². The first-order valence-electron chi connectivity index (χ1n) is 15.1. The number of rotatable bonds is 3. The van der Waals surface area contributed by atoms with E-state index in [-0.39, 0.29) is 0 Å². The van der Waals surface area contributed by atoms with E-state index in [9.17, 15) is 10.4 Å². The van der Waals surface area contributed by atoms with E-state index in [0.717, 1.165) is 38.9 Å². The number of benzene rings is 3. The van der Waals surface area contributed by atoms with Gasteiger partial charge in [-0.15, -0.1) is 0 Å². The van der Waals surface area contributed by atoms with Gasteiger partial charge in [0.15, 0.2) is 11.7 Å². The van der Waals surface area contributed by atoms with E-state index >= 15 is 0 Å². The van der Waals surface area contributed by atoms with Crippen LogP contribution >= 0.6 is 0 Å². The molecule has 3 aromatic rings. The fraction of sp³-hybridized carbons (Fsp3) is 0.368. The van der Waals surface area contributed by atoms with Crippen molar-refractivity contribution in [3.8, 4) is 29.4 Å². The Hall–Kier alpha value is -4.56. The fourth-order valence-electron chi connectivity index (χ4n) is 5.07. The molecule has 0 aromatic heterocycles. The molecule has 0 aliphatic carbocycles. The van der Waals surface area contributed by atoms with Crippen molar-refractivity contribution in [2.45, 2.75) is 84.5 Å². The molecule has 0 fully saturated rings. The van der Waals surface area contributed by atoms with Gasteiger partial charge in [-0.1, -0.05) is 23.7 Å². The zero-order valence-corrected chi connectivity index (χ0v) is 27.9. The van der Waals surface area contributed by atoms with E-state index in [2.05, 4.69) is 23.7 Å². The summed E-state index contributed by atoms with van der Waals surface area (Å²) in [5.74, 6) is 14.9. The summed E-state index contributed by atoms with van der Waals surface area (Å²) in [4.78, 5) is 9.55. The van der Waals surface area contributed by atoms with E-state index in [1.807, 2.05) is 123 Å². The predicted octanol–water partition coefficient (Wildman–Crippen LogP) is 6.82. The number of hydrogen-bond acceptors (Lipinski definition) is 7. The summed E-state index contributed by atoms with van der Waals surface area (Å²) in [6.07, 6.45) is 0. The van der Waals surface area contributed by atoms with Gasteiger partial charge in [-0.3, -0.25) is 20.4 Å². The maximum absolute atomic E-state index is 10.8. The first kappa shape index (κ1) is 31.9. The van der Waals surface area contributed by atoms with Gasteiger partial charge in [-0.25, -0.2) is 10.1 Å². The highest BCUT2D eigenvalue weighted by atomic mass is 16.5. The molecule has 0 unspecified atom stereocenters. The molecular formula is C38H42N4O3. The molecule has 0 radical (unpaired) electrons. The molecule has 0 bridgehead atoms. The van der Waals surface area contributed by atoms with Crippen molar-refractivity contribution in [2.24, 2.45) is 9.98 Å². The van der Waals surface area contributed by atoms with Gasteiger partial charge in [-0.2, -0.15) is 0 Å². The van der Waals surface area contributed by atoms with E-state index in [1.165, 1.54) is 10.1 Å². The minimum atomic E-state index is -0.518. The summed E-state index contributed by atoms with van der Waals surface area (Å²) < 4.78 is 5.57. The lowest BCUT2D eigenvalue weighted by Gasteiger charge is -2.36. The number of amidine groups is 2. The van der Waals surface area contributed by atoms with Crippen molar-refractivity contribution in [2.75, 3.05) is 7.11 Å². The predicted molar refractivity (Wildman–Crippen MR) is 179 cm³/mol. The molecule has 3 aromatic carbocycles. The molecule has 232 valence electrons. The minimum absolute atomic E-state index is 0.426. The van der Waals surface area contributed by atoms with Crippen LogP contribution in [0, 0.1) is 30.6 Å². The largest absolute Gasteiger partial charge is 0.497 e. The summed E-state index contributed by atoms with van der Waals surface area (Å²) in [7, 11) is 1.63. The summed E-state index contributed by atoms with van der Waals surface area (Å²) in [5.41, 5.74) is 4.09. The molecule has 45 heavy (non-hydrogen) atoms. The van der Waals surface area contributed by atoms with Crippen LogP contribution in [-0.2, 0) is 0 Å². The molecule has 0 saturated heterocycles. The smallest absolute Gasteiger partial charge is 0.156 e. The topological polar surface area (TPSA) is 80.9 Å². The molecule has 0 spiro atoms. The average Bonchev–Trinajstić information content (AvgIpc) is 3.27. The minimum Gasteiger partial charge on any atom is -0.497 e. The highest BCUT2D eigenvalue weighted by molar-refractivity contribution is 6.01. The van der Waals surface area contributed by atoms with Crippen molar-refractivity contribution in [3.05, 3.63) is 99.6 Å². The third-order valence-corrected chi connectivity index (χ3v) is 9.81. The second kappa shape index (κ2) is 11.1.